The average molecular weight is 331 g/mol. The minimum Gasteiger partial charge on any atom is -0.507 e. The Morgan fingerprint density at radius 3 is 2.25 bits per heavy atom. The molecule has 0 aliphatic rings. The summed E-state index contributed by atoms with van der Waals surface area (Å²) in [5, 5.41) is 12.3. The zero-order chi connectivity index (χ0) is 17.5. The lowest BCUT2D eigenvalue weighted by Crippen LogP contribution is -2.21. The Bertz CT molecular complexity index is 726. The van der Waals surface area contributed by atoms with Gasteiger partial charge in [-0.15, -0.1) is 0 Å². The number of carbonyl (C=O) groups is 2. The second-order valence-electron chi connectivity index (χ2n) is 4.74. The van der Waals surface area contributed by atoms with E-state index in [9.17, 15) is 14.7 Å². The molecule has 2 aromatic carbocycles. The lowest BCUT2D eigenvalue weighted by molar-refractivity contribution is -0.119. The Kier molecular flexibility index (Phi) is 5.62. The highest BCUT2D eigenvalue weighted by atomic mass is 16.5. The second kappa shape index (κ2) is 7.87. The van der Waals surface area contributed by atoms with Crippen molar-refractivity contribution in [1.29, 1.82) is 0 Å². The Labute approximate surface area is 138 Å². The van der Waals surface area contributed by atoms with Crippen molar-refractivity contribution < 1.29 is 28.9 Å². The largest absolute Gasteiger partial charge is 0.507 e. The Morgan fingerprint density at radius 1 is 1.00 bits per heavy atom. The predicted molar refractivity (Wildman–Crippen MR) is 86.6 cm³/mol. The summed E-state index contributed by atoms with van der Waals surface area (Å²) in [7, 11) is 2.98. The number of methoxy groups -OCH3 is 2. The van der Waals surface area contributed by atoms with Gasteiger partial charge in [0.05, 0.1) is 14.2 Å². The molecule has 0 radical (unpaired) electrons. The van der Waals surface area contributed by atoms with Crippen molar-refractivity contribution in [3.05, 3.63) is 48.0 Å². The molecule has 0 bridgehead atoms. The molecule has 2 N–H and O–H groups in total. The average Bonchev–Trinajstić information content (AvgIpc) is 2.60. The minimum atomic E-state index is -0.823. The summed E-state index contributed by atoms with van der Waals surface area (Å²) in [6, 6.07) is 10.8. The van der Waals surface area contributed by atoms with Crippen LogP contribution in [0.25, 0.3) is 0 Å². The summed E-state index contributed by atoms with van der Waals surface area (Å²) in [5.74, 6) is -0.529. The first-order valence-electron chi connectivity index (χ1n) is 7.01. The maximum atomic E-state index is 11.9. The van der Waals surface area contributed by atoms with Gasteiger partial charge in [-0.2, -0.15) is 0 Å². The van der Waals surface area contributed by atoms with Crippen LogP contribution in [-0.4, -0.2) is 37.8 Å². The highest BCUT2D eigenvalue weighted by Gasteiger charge is 2.15. The van der Waals surface area contributed by atoms with Crippen LogP contribution in [0.3, 0.4) is 0 Å². The molecule has 2 rings (SSSR count). The predicted octanol–water partition coefficient (Wildman–Crippen LogP) is 2.20. The molecule has 1 amide bonds. The van der Waals surface area contributed by atoms with Crippen LogP contribution in [0.5, 0.6) is 17.2 Å². The van der Waals surface area contributed by atoms with Crippen LogP contribution in [0, 0.1) is 0 Å². The minimum absolute atomic E-state index is 0.0772. The normalized spacial score (nSPS) is 9.92. The number of carbonyl (C=O) groups excluding carboxylic acids is 2. The zero-order valence-corrected chi connectivity index (χ0v) is 13.2. The van der Waals surface area contributed by atoms with Gasteiger partial charge in [0.2, 0.25) is 0 Å². The van der Waals surface area contributed by atoms with E-state index in [1.165, 1.54) is 25.3 Å². The van der Waals surface area contributed by atoms with Gasteiger partial charge in [-0.25, -0.2) is 4.79 Å². The van der Waals surface area contributed by atoms with Crippen molar-refractivity contribution in [3.8, 4) is 17.2 Å². The molecule has 0 aromatic heterocycles. The number of esters is 1. The van der Waals surface area contributed by atoms with Crippen LogP contribution in [-0.2, 0) is 9.53 Å². The van der Waals surface area contributed by atoms with Crippen molar-refractivity contribution in [2.75, 3.05) is 26.1 Å². The van der Waals surface area contributed by atoms with Gasteiger partial charge in [-0.1, -0.05) is 0 Å². The number of rotatable bonds is 6. The third-order valence-electron chi connectivity index (χ3n) is 3.13. The molecule has 0 fully saturated rings. The summed E-state index contributed by atoms with van der Waals surface area (Å²) in [4.78, 5) is 23.7. The van der Waals surface area contributed by atoms with Crippen LogP contribution in [0.15, 0.2) is 42.5 Å². The van der Waals surface area contributed by atoms with Gasteiger partial charge in [0, 0.05) is 5.69 Å². The molecule has 126 valence electrons. The molecule has 7 heteroatoms. The fraction of sp³-hybridized carbons (Fsp3) is 0.176. The number of phenols is 1. The van der Waals surface area contributed by atoms with E-state index in [2.05, 4.69) is 5.32 Å². The van der Waals surface area contributed by atoms with Crippen molar-refractivity contribution >= 4 is 17.6 Å². The van der Waals surface area contributed by atoms with Gasteiger partial charge >= 0.3 is 5.97 Å². The topological polar surface area (TPSA) is 94.1 Å². The van der Waals surface area contributed by atoms with E-state index in [4.69, 9.17) is 14.2 Å². The maximum absolute atomic E-state index is 11.9. The maximum Gasteiger partial charge on any atom is 0.342 e. The SMILES string of the molecule is COc1ccc(NC(=O)COC(=O)c2cc(OC)ccc2O)cc1. The van der Waals surface area contributed by atoms with Crippen LogP contribution in [0.4, 0.5) is 5.69 Å². The second-order valence-corrected chi connectivity index (χ2v) is 4.74. The Morgan fingerprint density at radius 2 is 1.62 bits per heavy atom. The summed E-state index contributed by atoms with van der Waals surface area (Å²) in [5.41, 5.74) is 0.465. The quantitative estimate of drug-likeness (QED) is 0.788. The van der Waals surface area contributed by atoms with Crippen LogP contribution >= 0.6 is 0 Å². The lowest BCUT2D eigenvalue weighted by atomic mass is 10.2. The van der Waals surface area contributed by atoms with Gasteiger partial charge in [-0.3, -0.25) is 4.79 Å². The molecule has 0 heterocycles. The van der Waals surface area contributed by atoms with Crippen molar-refractivity contribution in [2.24, 2.45) is 0 Å². The highest BCUT2D eigenvalue weighted by Crippen LogP contribution is 2.23. The number of hydrogen-bond acceptors (Lipinski definition) is 6. The van der Waals surface area contributed by atoms with Gasteiger partial charge in [0.25, 0.3) is 5.91 Å². The standard InChI is InChI=1S/C17H17NO6/c1-22-12-5-3-11(4-6-12)18-16(20)10-24-17(21)14-9-13(23-2)7-8-15(14)19/h3-9,19H,10H2,1-2H3,(H,18,20). The van der Waals surface area contributed by atoms with Gasteiger partial charge in [-0.05, 0) is 42.5 Å². The molecule has 2 aromatic rings. The fourth-order valence-corrected chi connectivity index (χ4v) is 1.89. The van der Waals surface area contributed by atoms with Crippen molar-refractivity contribution in [1.82, 2.24) is 0 Å². The first-order valence-corrected chi connectivity index (χ1v) is 7.01. The first kappa shape index (κ1) is 17.1. The van der Waals surface area contributed by atoms with E-state index < -0.39 is 18.5 Å². The number of aromatic hydroxyl groups is 1. The smallest absolute Gasteiger partial charge is 0.342 e. The van der Waals surface area contributed by atoms with Crippen molar-refractivity contribution in [2.45, 2.75) is 0 Å². The summed E-state index contributed by atoms with van der Waals surface area (Å²) >= 11 is 0. The van der Waals surface area contributed by atoms with E-state index in [0.29, 0.717) is 17.2 Å². The number of phenolic OH excluding ortho intramolecular Hbond substituents is 1. The van der Waals surface area contributed by atoms with E-state index in [0.717, 1.165) is 0 Å². The zero-order valence-electron chi connectivity index (χ0n) is 13.2. The molecular formula is C17H17NO6. The number of nitrogens with one attached hydrogen (secondary N) is 1. The molecule has 0 spiro atoms. The first-order chi connectivity index (χ1) is 11.5. The highest BCUT2D eigenvalue weighted by molar-refractivity contribution is 5.97. The number of benzene rings is 2. The molecule has 24 heavy (non-hydrogen) atoms. The molecule has 0 saturated heterocycles. The molecule has 0 saturated carbocycles. The number of hydrogen-bond donors (Lipinski definition) is 2. The van der Waals surface area contributed by atoms with Crippen LogP contribution < -0.4 is 14.8 Å². The Balaban J connectivity index is 1.92. The molecule has 0 unspecified atom stereocenters. The monoisotopic (exact) mass is 331 g/mol. The lowest BCUT2D eigenvalue weighted by Gasteiger charge is -2.09. The molecule has 0 atom stereocenters. The third-order valence-corrected chi connectivity index (χ3v) is 3.13. The molecule has 7 nitrogen and oxygen atoms in total. The summed E-state index contributed by atoms with van der Waals surface area (Å²) in [6.07, 6.45) is 0. The van der Waals surface area contributed by atoms with E-state index in [1.54, 1.807) is 31.4 Å². The summed E-state index contributed by atoms with van der Waals surface area (Å²) in [6.45, 7) is -0.485. The van der Waals surface area contributed by atoms with Gasteiger partial charge in [0.1, 0.15) is 22.8 Å². The molecule has 0 aliphatic carbocycles. The molecule has 0 aliphatic heterocycles. The number of ether oxygens (including phenoxy) is 3. The Hall–Kier alpha value is -3.22. The van der Waals surface area contributed by atoms with Crippen LogP contribution in [0.2, 0.25) is 0 Å². The van der Waals surface area contributed by atoms with Gasteiger partial charge < -0.3 is 24.6 Å². The number of amides is 1. The van der Waals surface area contributed by atoms with Crippen molar-refractivity contribution in [3.63, 3.8) is 0 Å². The van der Waals surface area contributed by atoms with E-state index in [1.807, 2.05) is 0 Å². The fourth-order valence-electron chi connectivity index (χ4n) is 1.89. The summed E-state index contributed by atoms with van der Waals surface area (Å²) < 4.78 is 14.9. The van der Waals surface area contributed by atoms with Crippen LogP contribution in [0.1, 0.15) is 10.4 Å². The van der Waals surface area contributed by atoms with Gasteiger partial charge in [0.15, 0.2) is 6.61 Å². The third kappa shape index (κ3) is 4.39. The van der Waals surface area contributed by atoms with E-state index >= 15 is 0 Å². The molecular weight excluding hydrogens is 314 g/mol. The van der Waals surface area contributed by atoms with E-state index in [-0.39, 0.29) is 11.3 Å². The number of anilines is 1.